The number of hydrogen-bond acceptors (Lipinski definition) is 2. The summed E-state index contributed by atoms with van der Waals surface area (Å²) in [4.78, 5) is 12.1. The summed E-state index contributed by atoms with van der Waals surface area (Å²) in [6.07, 6.45) is 0. The second-order valence-electron chi connectivity index (χ2n) is 4.12. The third-order valence-electron chi connectivity index (χ3n) is 2.78. The Labute approximate surface area is 101 Å². The Bertz CT molecular complexity index is 502. The van der Waals surface area contributed by atoms with E-state index in [1.165, 1.54) is 0 Å². The number of aryl methyl sites for hydroxylation is 1. The van der Waals surface area contributed by atoms with E-state index < -0.39 is 6.04 Å². The molecule has 0 aliphatic carbocycles. The zero-order chi connectivity index (χ0) is 12.3. The standard InChI is InChI=1S/C15H15NO/c1-11-7-9-13(10-8-11)15(17)14(16)12-5-3-2-4-6-12/h2-10,14H,16H2,1H3/t14-/m1/s1. The molecule has 0 fully saturated rings. The first-order chi connectivity index (χ1) is 8.18. The van der Waals surface area contributed by atoms with Crippen molar-refractivity contribution in [2.45, 2.75) is 13.0 Å². The van der Waals surface area contributed by atoms with E-state index in [1.54, 1.807) is 0 Å². The molecule has 1 atom stereocenters. The molecule has 0 spiro atoms. The van der Waals surface area contributed by atoms with E-state index in [4.69, 9.17) is 5.73 Å². The second kappa shape index (κ2) is 4.93. The van der Waals surface area contributed by atoms with E-state index >= 15 is 0 Å². The number of benzene rings is 2. The van der Waals surface area contributed by atoms with Gasteiger partial charge in [-0.3, -0.25) is 4.79 Å². The van der Waals surface area contributed by atoms with Gasteiger partial charge in [-0.1, -0.05) is 60.2 Å². The molecule has 0 unspecified atom stereocenters. The first-order valence-corrected chi connectivity index (χ1v) is 5.60. The fourth-order valence-electron chi connectivity index (χ4n) is 1.71. The van der Waals surface area contributed by atoms with Gasteiger partial charge in [0.05, 0.1) is 6.04 Å². The van der Waals surface area contributed by atoms with Gasteiger partial charge in [0.25, 0.3) is 0 Å². The van der Waals surface area contributed by atoms with Gasteiger partial charge in [0.2, 0.25) is 0 Å². The molecule has 0 bridgehead atoms. The van der Waals surface area contributed by atoms with E-state index in [-0.39, 0.29) is 5.78 Å². The van der Waals surface area contributed by atoms with Crippen LogP contribution >= 0.6 is 0 Å². The molecule has 0 heterocycles. The topological polar surface area (TPSA) is 43.1 Å². The highest BCUT2D eigenvalue weighted by Crippen LogP contribution is 2.16. The molecule has 0 radical (unpaired) electrons. The zero-order valence-corrected chi connectivity index (χ0v) is 9.76. The van der Waals surface area contributed by atoms with Crippen LogP contribution < -0.4 is 5.73 Å². The fourth-order valence-corrected chi connectivity index (χ4v) is 1.71. The zero-order valence-electron chi connectivity index (χ0n) is 9.76. The highest BCUT2D eigenvalue weighted by Gasteiger charge is 2.16. The molecule has 17 heavy (non-hydrogen) atoms. The highest BCUT2D eigenvalue weighted by atomic mass is 16.1. The summed E-state index contributed by atoms with van der Waals surface area (Å²) < 4.78 is 0. The van der Waals surface area contributed by atoms with Crippen LogP contribution in [0.2, 0.25) is 0 Å². The summed E-state index contributed by atoms with van der Waals surface area (Å²) in [5, 5.41) is 0. The Balaban J connectivity index is 2.23. The molecule has 0 amide bonds. The third kappa shape index (κ3) is 2.60. The fraction of sp³-hybridized carbons (Fsp3) is 0.133. The lowest BCUT2D eigenvalue weighted by Crippen LogP contribution is -2.21. The van der Waals surface area contributed by atoms with Crippen molar-refractivity contribution in [2.75, 3.05) is 0 Å². The molecule has 0 aliphatic heterocycles. The van der Waals surface area contributed by atoms with Crippen LogP contribution in [0.25, 0.3) is 0 Å². The number of ketones is 1. The highest BCUT2D eigenvalue weighted by molar-refractivity contribution is 6.00. The van der Waals surface area contributed by atoms with Crippen molar-refractivity contribution in [1.29, 1.82) is 0 Å². The molecular weight excluding hydrogens is 210 g/mol. The molecule has 2 aromatic carbocycles. The smallest absolute Gasteiger partial charge is 0.184 e. The van der Waals surface area contributed by atoms with Gasteiger partial charge in [0.15, 0.2) is 5.78 Å². The lowest BCUT2D eigenvalue weighted by atomic mass is 9.98. The Morgan fingerprint density at radius 1 is 1.00 bits per heavy atom. The minimum Gasteiger partial charge on any atom is -0.318 e. The van der Waals surface area contributed by atoms with Gasteiger partial charge in [-0.25, -0.2) is 0 Å². The first kappa shape index (κ1) is 11.6. The first-order valence-electron chi connectivity index (χ1n) is 5.60. The molecule has 0 aromatic heterocycles. The maximum absolute atomic E-state index is 12.1. The summed E-state index contributed by atoms with van der Waals surface area (Å²) in [5.41, 5.74) is 8.60. The van der Waals surface area contributed by atoms with Crippen molar-refractivity contribution in [1.82, 2.24) is 0 Å². The molecule has 0 aliphatic rings. The van der Waals surface area contributed by atoms with E-state index in [2.05, 4.69) is 0 Å². The number of hydrogen-bond donors (Lipinski definition) is 1. The van der Waals surface area contributed by atoms with Crippen LogP contribution in [0.15, 0.2) is 54.6 Å². The maximum atomic E-state index is 12.1. The minimum atomic E-state index is -0.584. The summed E-state index contributed by atoms with van der Waals surface area (Å²) in [7, 11) is 0. The van der Waals surface area contributed by atoms with Crippen molar-refractivity contribution in [2.24, 2.45) is 5.73 Å². The second-order valence-corrected chi connectivity index (χ2v) is 4.12. The molecule has 2 heteroatoms. The molecule has 86 valence electrons. The molecule has 2 aromatic rings. The summed E-state index contributed by atoms with van der Waals surface area (Å²) in [6.45, 7) is 1.99. The van der Waals surface area contributed by atoms with Gasteiger partial charge in [-0.05, 0) is 12.5 Å². The number of carbonyl (C=O) groups is 1. The molecule has 0 saturated heterocycles. The van der Waals surface area contributed by atoms with Crippen molar-refractivity contribution >= 4 is 5.78 Å². The SMILES string of the molecule is Cc1ccc(C(=O)[C@H](N)c2ccccc2)cc1. The maximum Gasteiger partial charge on any atom is 0.184 e. The van der Waals surface area contributed by atoms with Crippen molar-refractivity contribution < 1.29 is 4.79 Å². The lowest BCUT2D eigenvalue weighted by Gasteiger charge is -2.10. The Morgan fingerprint density at radius 2 is 1.59 bits per heavy atom. The lowest BCUT2D eigenvalue weighted by molar-refractivity contribution is 0.0961. The van der Waals surface area contributed by atoms with Crippen LogP contribution in [0, 0.1) is 6.92 Å². The molecule has 2 nitrogen and oxygen atoms in total. The van der Waals surface area contributed by atoms with Crippen LogP contribution in [0.1, 0.15) is 27.5 Å². The Hall–Kier alpha value is -1.93. The number of carbonyl (C=O) groups excluding carboxylic acids is 1. The molecule has 2 N–H and O–H groups in total. The number of Topliss-reactive ketones (excluding diaryl/α,β-unsaturated/α-hetero) is 1. The van der Waals surface area contributed by atoms with Gasteiger partial charge in [0, 0.05) is 5.56 Å². The van der Waals surface area contributed by atoms with Crippen LogP contribution in [0.5, 0.6) is 0 Å². The molecular formula is C15H15NO. The third-order valence-corrected chi connectivity index (χ3v) is 2.78. The predicted molar refractivity (Wildman–Crippen MR) is 68.9 cm³/mol. The van der Waals surface area contributed by atoms with Crippen LogP contribution in [-0.4, -0.2) is 5.78 Å². The van der Waals surface area contributed by atoms with Crippen molar-refractivity contribution in [3.8, 4) is 0 Å². The van der Waals surface area contributed by atoms with Crippen LogP contribution in [0.4, 0.5) is 0 Å². The largest absolute Gasteiger partial charge is 0.318 e. The minimum absolute atomic E-state index is 0.0452. The van der Waals surface area contributed by atoms with E-state index in [0.717, 1.165) is 11.1 Å². The van der Waals surface area contributed by atoms with Gasteiger partial charge >= 0.3 is 0 Å². The molecule has 2 rings (SSSR count). The predicted octanol–water partition coefficient (Wildman–Crippen LogP) is 2.88. The van der Waals surface area contributed by atoms with Gasteiger partial charge in [-0.15, -0.1) is 0 Å². The number of rotatable bonds is 3. The summed E-state index contributed by atoms with van der Waals surface area (Å²) in [6, 6.07) is 16.3. The van der Waals surface area contributed by atoms with E-state index in [1.807, 2.05) is 61.5 Å². The number of nitrogens with two attached hydrogens (primary N) is 1. The molecule has 0 saturated carbocycles. The Morgan fingerprint density at radius 3 is 2.18 bits per heavy atom. The van der Waals surface area contributed by atoms with E-state index in [9.17, 15) is 4.79 Å². The Kier molecular flexibility index (Phi) is 3.35. The monoisotopic (exact) mass is 225 g/mol. The summed E-state index contributed by atoms with van der Waals surface area (Å²) >= 11 is 0. The van der Waals surface area contributed by atoms with Crippen molar-refractivity contribution in [3.63, 3.8) is 0 Å². The van der Waals surface area contributed by atoms with Gasteiger partial charge in [0.1, 0.15) is 0 Å². The van der Waals surface area contributed by atoms with Crippen LogP contribution in [-0.2, 0) is 0 Å². The van der Waals surface area contributed by atoms with Crippen LogP contribution in [0.3, 0.4) is 0 Å². The van der Waals surface area contributed by atoms with Crippen molar-refractivity contribution in [3.05, 3.63) is 71.3 Å². The van der Waals surface area contributed by atoms with Gasteiger partial charge in [-0.2, -0.15) is 0 Å². The quantitative estimate of drug-likeness (QED) is 0.816. The average Bonchev–Trinajstić information content (AvgIpc) is 2.39. The van der Waals surface area contributed by atoms with E-state index in [0.29, 0.717) is 5.56 Å². The normalized spacial score (nSPS) is 12.1. The average molecular weight is 225 g/mol. The summed E-state index contributed by atoms with van der Waals surface area (Å²) in [5.74, 6) is -0.0452. The van der Waals surface area contributed by atoms with Gasteiger partial charge < -0.3 is 5.73 Å².